The van der Waals surface area contributed by atoms with E-state index in [1.807, 2.05) is 51.1 Å². The maximum atomic E-state index is 12.6. The molecule has 0 saturated carbocycles. The van der Waals surface area contributed by atoms with Gasteiger partial charge in [-0.2, -0.15) is 10.1 Å². The summed E-state index contributed by atoms with van der Waals surface area (Å²) in [6, 6.07) is 9.34. The maximum Gasteiger partial charge on any atom is 0.431 e. The van der Waals surface area contributed by atoms with Gasteiger partial charge in [-0.25, -0.2) is 4.79 Å². The van der Waals surface area contributed by atoms with Gasteiger partial charge in [-0.1, -0.05) is 38.1 Å². The van der Waals surface area contributed by atoms with E-state index in [4.69, 9.17) is 9.15 Å². The number of furan rings is 1. The fourth-order valence-electron chi connectivity index (χ4n) is 2.54. The SMILES string of the molecule is C=CC(CC(C)C)N(/N=C/c1cc2ccccc2o1)C(=O)OC(C)(C)C. The van der Waals surface area contributed by atoms with Gasteiger partial charge >= 0.3 is 6.09 Å². The van der Waals surface area contributed by atoms with E-state index in [9.17, 15) is 4.79 Å². The Morgan fingerprint density at radius 3 is 2.62 bits per heavy atom. The molecule has 0 aliphatic heterocycles. The van der Waals surface area contributed by atoms with E-state index in [1.54, 1.807) is 12.3 Å². The Balaban J connectivity index is 2.29. The lowest BCUT2D eigenvalue weighted by Gasteiger charge is -2.29. The van der Waals surface area contributed by atoms with Gasteiger partial charge in [0.25, 0.3) is 0 Å². The number of benzene rings is 1. The highest BCUT2D eigenvalue weighted by molar-refractivity contribution is 5.87. The van der Waals surface area contributed by atoms with E-state index >= 15 is 0 Å². The van der Waals surface area contributed by atoms with Gasteiger partial charge in [0, 0.05) is 5.39 Å². The molecule has 2 rings (SSSR count). The number of nitrogens with zero attached hydrogens (tertiary/aromatic N) is 2. The second kappa shape index (κ2) is 8.21. The van der Waals surface area contributed by atoms with Gasteiger partial charge in [0.05, 0.1) is 12.3 Å². The molecule has 1 amide bonds. The van der Waals surface area contributed by atoms with E-state index in [2.05, 4.69) is 25.5 Å². The number of fused-ring (bicyclic) bond motifs is 1. The average Bonchev–Trinajstić information content (AvgIpc) is 2.94. The molecule has 0 bridgehead atoms. The number of hydrogen-bond acceptors (Lipinski definition) is 4. The Morgan fingerprint density at radius 1 is 1.35 bits per heavy atom. The lowest BCUT2D eigenvalue weighted by molar-refractivity contribution is 0.0191. The van der Waals surface area contributed by atoms with E-state index < -0.39 is 11.7 Å². The molecule has 0 N–H and O–H groups in total. The molecule has 5 heteroatoms. The van der Waals surface area contributed by atoms with Gasteiger partial charge in [0.15, 0.2) is 0 Å². The number of para-hydroxylation sites is 1. The topological polar surface area (TPSA) is 55.0 Å². The van der Waals surface area contributed by atoms with Crippen LogP contribution in [0.25, 0.3) is 11.0 Å². The fourth-order valence-corrected chi connectivity index (χ4v) is 2.54. The van der Waals surface area contributed by atoms with Crippen LogP contribution in [0.5, 0.6) is 0 Å². The Morgan fingerprint density at radius 2 is 2.04 bits per heavy atom. The third kappa shape index (κ3) is 5.48. The van der Waals surface area contributed by atoms with Crippen molar-refractivity contribution in [1.29, 1.82) is 0 Å². The molecular weight excluding hydrogens is 328 g/mol. The number of hydrogen-bond donors (Lipinski definition) is 0. The lowest BCUT2D eigenvalue weighted by Crippen LogP contribution is -2.40. The predicted molar refractivity (Wildman–Crippen MR) is 105 cm³/mol. The number of amides is 1. The molecule has 1 atom stereocenters. The molecule has 0 fully saturated rings. The number of carbonyl (C=O) groups excluding carboxylic acids is 1. The minimum absolute atomic E-state index is 0.259. The van der Waals surface area contributed by atoms with Crippen LogP contribution in [-0.4, -0.2) is 29.0 Å². The molecule has 140 valence electrons. The second-order valence-corrected chi connectivity index (χ2v) is 7.69. The molecule has 1 aromatic carbocycles. The van der Waals surface area contributed by atoms with Crippen LogP contribution in [-0.2, 0) is 4.74 Å². The molecule has 1 aromatic heterocycles. The van der Waals surface area contributed by atoms with Crippen molar-refractivity contribution in [1.82, 2.24) is 5.01 Å². The maximum absolute atomic E-state index is 12.6. The molecule has 1 unspecified atom stereocenters. The largest absolute Gasteiger partial charge is 0.455 e. The first-order valence-corrected chi connectivity index (χ1v) is 8.87. The van der Waals surface area contributed by atoms with Gasteiger partial charge in [-0.3, -0.25) is 0 Å². The summed E-state index contributed by atoms with van der Waals surface area (Å²) in [5.74, 6) is 0.955. The third-order valence-corrected chi connectivity index (χ3v) is 3.63. The summed E-state index contributed by atoms with van der Waals surface area (Å²) in [5, 5.41) is 6.69. The van der Waals surface area contributed by atoms with Crippen molar-refractivity contribution in [3.8, 4) is 0 Å². The fraction of sp³-hybridized carbons (Fsp3) is 0.429. The monoisotopic (exact) mass is 356 g/mol. The second-order valence-electron chi connectivity index (χ2n) is 7.69. The van der Waals surface area contributed by atoms with Crippen LogP contribution < -0.4 is 0 Å². The minimum atomic E-state index is -0.603. The molecule has 2 aromatic rings. The van der Waals surface area contributed by atoms with E-state index in [0.29, 0.717) is 11.7 Å². The summed E-state index contributed by atoms with van der Waals surface area (Å²) < 4.78 is 11.2. The zero-order valence-electron chi connectivity index (χ0n) is 16.2. The number of hydrazone groups is 1. The van der Waals surface area contributed by atoms with Crippen LogP contribution in [0.3, 0.4) is 0 Å². The Hall–Kier alpha value is -2.56. The van der Waals surface area contributed by atoms with Crippen molar-refractivity contribution >= 4 is 23.3 Å². The van der Waals surface area contributed by atoms with E-state index in [0.717, 1.165) is 17.4 Å². The summed E-state index contributed by atoms with van der Waals surface area (Å²) in [4.78, 5) is 12.6. The van der Waals surface area contributed by atoms with Crippen LogP contribution in [0.2, 0.25) is 0 Å². The van der Waals surface area contributed by atoms with Crippen molar-refractivity contribution in [3.63, 3.8) is 0 Å². The first-order chi connectivity index (χ1) is 12.2. The van der Waals surface area contributed by atoms with Crippen molar-refractivity contribution in [2.75, 3.05) is 0 Å². The van der Waals surface area contributed by atoms with Crippen molar-refractivity contribution < 1.29 is 13.9 Å². The predicted octanol–water partition coefficient (Wildman–Crippen LogP) is 5.60. The normalized spacial score (nSPS) is 13.3. The first kappa shape index (κ1) is 19.8. The number of rotatable bonds is 6. The van der Waals surface area contributed by atoms with Gasteiger partial charge < -0.3 is 9.15 Å². The average molecular weight is 356 g/mol. The van der Waals surface area contributed by atoms with Crippen LogP contribution in [0.1, 0.15) is 46.8 Å². The summed E-state index contributed by atoms with van der Waals surface area (Å²) >= 11 is 0. The highest BCUT2D eigenvalue weighted by Crippen LogP contribution is 2.20. The van der Waals surface area contributed by atoms with Crippen LogP contribution in [0, 0.1) is 5.92 Å². The third-order valence-electron chi connectivity index (χ3n) is 3.63. The van der Waals surface area contributed by atoms with Crippen LogP contribution in [0.15, 0.2) is 52.5 Å². The molecular formula is C21H28N2O3. The standard InChI is InChI=1S/C21H28N2O3/c1-7-17(12-15(2)3)23(20(24)26-21(4,5)6)22-14-18-13-16-10-8-9-11-19(16)25-18/h7-11,13-15,17H,1,12H2,2-6H3/b22-14+. The Labute approximate surface area is 155 Å². The van der Waals surface area contributed by atoms with E-state index in [-0.39, 0.29) is 6.04 Å². The lowest BCUT2D eigenvalue weighted by atomic mass is 10.0. The molecule has 0 aliphatic carbocycles. The summed E-state index contributed by atoms with van der Waals surface area (Å²) in [7, 11) is 0. The number of ether oxygens (including phenoxy) is 1. The first-order valence-electron chi connectivity index (χ1n) is 8.87. The zero-order chi connectivity index (χ0) is 19.3. The molecule has 1 heterocycles. The van der Waals surface area contributed by atoms with Crippen molar-refractivity contribution in [2.45, 2.75) is 52.7 Å². The summed E-state index contributed by atoms with van der Waals surface area (Å²) in [6.45, 7) is 13.5. The smallest absolute Gasteiger partial charge is 0.431 e. The van der Waals surface area contributed by atoms with Gasteiger partial charge in [0.2, 0.25) is 0 Å². The highest BCUT2D eigenvalue weighted by Gasteiger charge is 2.27. The van der Waals surface area contributed by atoms with Crippen LogP contribution in [0.4, 0.5) is 4.79 Å². The molecule has 5 nitrogen and oxygen atoms in total. The molecule has 0 radical (unpaired) electrons. The van der Waals surface area contributed by atoms with Crippen LogP contribution >= 0.6 is 0 Å². The molecule has 0 saturated heterocycles. The van der Waals surface area contributed by atoms with Gasteiger partial charge in [-0.05, 0) is 45.2 Å². The molecule has 0 aliphatic rings. The Kier molecular flexibility index (Phi) is 6.24. The quantitative estimate of drug-likeness (QED) is 0.384. The summed E-state index contributed by atoms with van der Waals surface area (Å²) in [5.41, 5.74) is 0.175. The molecule has 0 spiro atoms. The molecule has 26 heavy (non-hydrogen) atoms. The Bertz CT molecular complexity index is 751. The van der Waals surface area contributed by atoms with Gasteiger partial charge in [-0.15, -0.1) is 6.58 Å². The highest BCUT2D eigenvalue weighted by atomic mass is 16.6. The van der Waals surface area contributed by atoms with E-state index in [1.165, 1.54) is 5.01 Å². The van der Waals surface area contributed by atoms with Crippen molar-refractivity contribution in [2.24, 2.45) is 11.0 Å². The number of carbonyl (C=O) groups is 1. The zero-order valence-corrected chi connectivity index (χ0v) is 16.2. The minimum Gasteiger partial charge on any atom is -0.455 e. The summed E-state index contributed by atoms with van der Waals surface area (Å²) in [6.07, 6.45) is 3.50. The van der Waals surface area contributed by atoms with Gasteiger partial charge in [0.1, 0.15) is 16.9 Å². The van der Waals surface area contributed by atoms with Crippen molar-refractivity contribution in [3.05, 3.63) is 48.7 Å².